The number of methoxy groups -OCH3 is 1. The lowest BCUT2D eigenvalue weighted by atomic mass is 10.0. The molecule has 21 heavy (non-hydrogen) atoms. The van der Waals surface area contributed by atoms with Crippen LogP contribution in [-0.4, -0.2) is 7.11 Å². The van der Waals surface area contributed by atoms with E-state index >= 15 is 0 Å². The van der Waals surface area contributed by atoms with Gasteiger partial charge in [-0.3, -0.25) is 0 Å². The van der Waals surface area contributed by atoms with Gasteiger partial charge in [0.05, 0.1) is 11.6 Å². The van der Waals surface area contributed by atoms with Crippen LogP contribution in [0.5, 0.6) is 5.75 Å². The van der Waals surface area contributed by atoms with E-state index in [0.717, 1.165) is 22.7 Å². The van der Waals surface area contributed by atoms with Crippen LogP contribution >= 0.6 is 15.9 Å². The number of ether oxygens (including phenoxy) is 1. The number of hydrogen-bond acceptors (Lipinski definition) is 2. The number of nitrogens with one attached hydrogen (secondary N) is 1. The van der Waals surface area contributed by atoms with Crippen molar-refractivity contribution in [3.05, 3.63) is 64.1 Å². The van der Waals surface area contributed by atoms with Gasteiger partial charge in [0.15, 0.2) is 0 Å². The smallest absolute Gasteiger partial charge is 0.133 e. The van der Waals surface area contributed by atoms with E-state index in [4.69, 9.17) is 4.74 Å². The Morgan fingerprint density at radius 1 is 1.19 bits per heavy atom. The molecule has 0 amide bonds. The third-order valence-electron chi connectivity index (χ3n) is 3.99. The fraction of sp³-hybridized carbons (Fsp3) is 0.333. The summed E-state index contributed by atoms with van der Waals surface area (Å²) < 4.78 is 6.28. The van der Waals surface area contributed by atoms with Gasteiger partial charge in [-0.1, -0.05) is 36.4 Å². The zero-order valence-electron chi connectivity index (χ0n) is 12.2. The van der Waals surface area contributed by atoms with Gasteiger partial charge >= 0.3 is 0 Å². The molecule has 0 bridgehead atoms. The van der Waals surface area contributed by atoms with Crippen LogP contribution < -0.4 is 10.1 Å². The van der Waals surface area contributed by atoms with Crippen molar-refractivity contribution in [2.75, 3.05) is 7.11 Å². The van der Waals surface area contributed by atoms with Gasteiger partial charge in [0.2, 0.25) is 0 Å². The van der Waals surface area contributed by atoms with Gasteiger partial charge in [-0.2, -0.15) is 0 Å². The lowest BCUT2D eigenvalue weighted by Crippen LogP contribution is -2.22. The highest BCUT2D eigenvalue weighted by Gasteiger charge is 2.31. The Balaban J connectivity index is 1.69. The van der Waals surface area contributed by atoms with Crippen LogP contribution in [0.15, 0.2) is 53.0 Å². The molecule has 1 fully saturated rings. The van der Waals surface area contributed by atoms with Crippen molar-refractivity contribution in [2.45, 2.75) is 25.4 Å². The Morgan fingerprint density at radius 2 is 1.95 bits per heavy atom. The second-order valence-electron chi connectivity index (χ2n) is 5.58. The maximum absolute atomic E-state index is 5.28. The first-order valence-corrected chi connectivity index (χ1v) is 8.18. The molecule has 1 aliphatic carbocycles. The third-order valence-corrected chi connectivity index (χ3v) is 4.61. The van der Waals surface area contributed by atoms with E-state index in [1.165, 1.54) is 24.0 Å². The van der Waals surface area contributed by atoms with Gasteiger partial charge in [0.25, 0.3) is 0 Å². The van der Waals surface area contributed by atoms with Gasteiger partial charge in [-0.25, -0.2) is 0 Å². The molecule has 2 aromatic carbocycles. The summed E-state index contributed by atoms with van der Waals surface area (Å²) in [4.78, 5) is 0. The summed E-state index contributed by atoms with van der Waals surface area (Å²) in [7, 11) is 1.69. The maximum Gasteiger partial charge on any atom is 0.133 e. The van der Waals surface area contributed by atoms with Crippen molar-refractivity contribution in [2.24, 2.45) is 5.92 Å². The van der Waals surface area contributed by atoms with Crippen molar-refractivity contribution < 1.29 is 4.74 Å². The SMILES string of the molecule is COc1ccc(CNC(c2ccccc2)C2CC2)cc1Br. The van der Waals surface area contributed by atoms with E-state index < -0.39 is 0 Å². The zero-order chi connectivity index (χ0) is 14.7. The van der Waals surface area contributed by atoms with Crippen LogP contribution in [0.1, 0.15) is 30.0 Å². The largest absolute Gasteiger partial charge is 0.496 e. The van der Waals surface area contributed by atoms with Gasteiger partial charge < -0.3 is 10.1 Å². The Kier molecular flexibility index (Phi) is 4.61. The number of rotatable bonds is 6. The minimum atomic E-state index is 0.465. The van der Waals surface area contributed by atoms with Crippen molar-refractivity contribution >= 4 is 15.9 Å². The summed E-state index contributed by atoms with van der Waals surface area (Å²) in [6.45, 7) is 0.874. The molecule has 0 heterocycles. The van der Waals surface area contributed by atoms with Crippen LogP contribution in [0.3, 0.4) is 0 Å². The average molecular weight is 346 g/mol. The molecule has 3 rings (SSSR count). The minimum absolute atomic E-state index is 0.465. The maximum atomic E-state index is 5.28. The molecule has 0 aromatic heterocycles. The fourth-order valence-electron chi connectivity index (χ4n) is 2.69. The number of halogens is 1. The Labute approximate surface area is 134 Å². The molecule has 1 saturated carbocycles. The van der Waals surface area contributed by atoms with Crippen LogP contribution in [0.25, 0.3) is 0 Å². The van der Waals surface area contributed by atoms with E-state index in [1.54, 1.807) is 7.11 Å². The topological polar surface area (TPSA) is 21.3 Å². The van der Waals surface area contributed by atoms with Crippen LogP contribution in [-0.2, 0) is 6.54 Å². The lowest BCUT2D eigenvalue weighted by Gasteiger charge is -2.19. The van der Waals surface area contributed by atoms with Crippen LogP contribution in [0.2, 0.25) is 0 Å². The Bertz CT molecular complexity index is 595. The monoisotopic (exact) mass is 345 g/mol. The predicted molar refractivity (Wildman–Crippen MR) is 89.4 cm³/mol. The van der Waals surface area contributed by atoms with Gasteiger partial charge in [0.1, 0.15) is 5.75 Å². The van der Waals surface area contributed by atoms with E-state index in [9.17, 15) is 0 Å². The number of benzene rings is 2. The highest BCUT2D eigenvalue weighted by molar-refractivity contribution is 9.10. The third kappa shape index (κ3) is 3.66. The quantitative estimate of drug-likeness (QED) is 0.819. The van der Waals surface area contributed by atoms with Crippen molar-refractivity contribution in [3.63, 3.8) is 0 Å². The molecule has 0 radical (unpaired) electrons. The lowest BCUT2D eigenvalue weighted by molar-refractivity contribution is 0.411. The van der Waals surface area contributed by atoms with Crippen LogP contribution in [0, 0.1) is 5.92 Å². The summed E-state index contributed by atoms with van der Waals surface area (Å²) in [6.07, 6.45) is 2.66. The van der Waals surface area contributed by atoms with Crippen molar-refractivity contribution in [1.29, 1.82) is 0 Å². The van der Waals surface area contributed by atoms with Crippen LogP contribution in [0.4, 0.5) is 0 Å². The molecule has 0 aliphatic heterocycles. The van der Waals surface area contributed by atoms with Crippen molar-refractivity contribution in [3.8, 4) is 5.75 Å². The van der Waals surface area contributed by atoms with Gasteiger partial charge in [0, 0.05) is 12.6 Å². The molecule has 0 saturated heterocycles. The molecule has 0 spiro atoms. The van der Waals surface area contributed by atoms with E-state index in [2.05, 4.69) is 63.7 Å². The summed E-state index contributed by atoms with van der Waals surface area (Å²) in [5.41, 5.74) is 2.66. The predicted octanol–water partition coefficient (Wildman–Crippen LogP) is 4.70. The Hall–Kier alpha value is -1.32. The molecule has 110 valence electrons. The van der Waals surface area contributed by atoms with Gasteiger partial charge in [-0.05, 0) is 57.9 Å². The highest BCUT2D eigenvalue weighted by atomic mass is 79.9. The van der Waals surface area contributed by atoms with Gasteiger partial charge in [-0.15, -0.1) is 0 Å². The minimum Gasteiger partial charge on any atom is -0.496 e. The Morgan fingerprint density at radius 3 is 2.57 bits per heavy atom. The molecule has 2 aromatic rings. The molecule has 1 atom stereocenters. The summed E-state index contributed by atoms with van der Waals surface area (Å²) in [5.74, 6) is 1.66. The second kappa shape index (κ2) is 6.63. The molecule has 3 heteroatoms. The molecular formula is C18H20BrNO. The normalized spacial score (nSPS) is 15.7. The highest BCUT2D eigenvalue weighted by Crippen LogP contribution is 2.41. The first kappa shape index (κ1) is 14.6. The first-order valence-electron chi connectivity index (χ1n) is 7.38. The summed E-state index contributed by atoms with van der Waals surface area (Å²) >= 11 is 3.55. The average Bonchev–Trinajstić information content (AvgIpc) is 3.34. The fourth-order valence-corrected chi connectivity index (χ4v) is 3.28. The van der Waals surface area contributed by atoms with E-state index in [0.29, 0.717) is 6.04 Å². The standard InChI is InChI=1S/C18H20BrNO/c1-21-17-10-7-13(11-16(17)19)12-20-18(15-8-9-15)14-5-3-2-4-6-14/h2-7,10-11,15,18,20H,8-9,12H2,1H3. The summed E-state index contributed by atoms with van der Waals surface area (Å²) in [6, 6.07) is 17.5. The molecule has 1 N–H and O–H groups in total. The molecule has 2 nitrogen and oxygen atoms in total. The zero-order valence-corrected chi connectivity index (χ0v) is 13.8. The molecule has 1 unspecified atom stereocenters. The van der Waals surface area contributed by atoms with Crippen molar-refractivity contribution in [1.82, 2.24) is 5.32 Å². The van der Waals surface area contributed by atoms with E-state index in [-0.39, 0.29) is 0 Å². The molecule has 1 aliphatic rings. The molecular weight excluding hydrogens is 326 g/mol. The number of hydrogen-bond donors (Lipinski definition) is 1. The first-order chi connectivity index (χ1) is 10.3. The van der Waals surface area contributed by atoms with E-state index in [1.807, 2.05) is 6.07 Å². The summed E-state index contributed by atoms with van der Waals surface area (Å²) in [5, 5.41) is 3.72. The second-order valence-corrected chi connectivity index (χ2v) is 6.43.